The van der Waals surface area contributed by atoms with Crippen molar-refractivity contribution in [2.75, 3.05) is 26.9 Å². The van der Waals surface area contributed by atoms with Gasteiger partial charge in [-0.2, -0.15) is 0 Å². The fourth-order valence-electron chi connectivity index (χ4n) is 1.68. The zero-order chi connectivity index (χ0) is 16.7. The Morgan fingerprint density at radius 1 is 1.24 bits per heavy atom. The molecule has 0 amide bonds. The fourth-order valence-corrected chi connectivity index (χ4v) is 1.68. The summed E-state index contributed by atoms with van der Waals surface area (Å²) in [6.07, 6.45) is -0.310. The van der Waals surface area contributed by atoms with Gasteiger partial charge in [0.05, 0.1) is 12.7 Å². The van der Waals surface area contributed by atoms with Gasteiger partial charge in [-0.25, -0.2) is 0 Å². The highest BCUT2D eigenvalue weighted by atomic mass is 16.5. The van der Waals surface area contributed by atoms with E-state index in [4.69, 9.17) is 19.7 Å². The highest BCUT2D eigenvalue weighted by Gasteiger charge is 2.31. The number of aliphatic carboxylic acids is 1. The molecule has 1 aliphatic heterocycles. The minimum Gasteiger partial charge on any atom is -0.481 e. The molecule has 0 aliphatic carbocycles. The summed E-state index contributed by atoms with van der Waals surface area (Å²) in [7, 11) is 1.00. The molecule has 1 rings (SSSR count). The molecule has 0 aromatic carbocycles. The van der Waals surface area contributed by atoms with Crippen molar-refractivity contribution in [2.45, 2.75) is 57.8 Å². The standard InChI is InChI=1S/C11H20O6.C2H6.CH4O/c12-8-4-6-17-9(11(8)15)7-16-5-2-1-3-10(13)14;2*1-2/h8-9,11-12,15H,1-7H2,(H,13,14);1-2H3;2H,1H3. The predicted octanol–water partition coefficient (Wildman–Crippen LogP) is 0.403. The number of aliphatic hydroxyl groups is 3. The summed E-state index contributed by atoms with van der Waals surface area (Å²) in [6.45, 7) is 5.09. The van der Waals surface area contributed by atoms with Crippen molar-refractivity contribution in [3.05, 3.63) is 0 Å². The molecule has 0 bridgehead atoms. The Morgan fingerprint density at radius 3 is 2.43 bits per heavy atom. The molecule has 7 heteroatoms. The minimum absolute atomic E-state index is 0.143. The molecule has 1 aliphatic rings. The Labute approximate surface area is 126 Å². The third kappa shape index (κ3) is 11.6. The molecule has 0 spiro atoms. The summed E-state index contributed by atoms with van der Waals surface area (Å²) in [5, 5.41) is 34.4. The second-order valence-corrected chi connectivity index (χ2v) is 4.18. The Bertz CT molecular complexity index is 235. The molecule has 21 heavy (non-hydrogen) atoms. The first-order valence-corrected chi connectivity index (χ1v) is 7.33. The largest absolute Gasteiger partial charge is 0.481 e. The topological polar surface area (TPSA) is 116 Å². The van der Waals surface area contributed by atoms with E-state index in [0.29, 0.717) is 32.5 Å². The summed E-state index contributed by atoms with van der Waals surface area (Å²) in [5.74, 6) is -0.806. The Balaban J connectivity index is 0. The third-order valence-corrected chi connectivity index (χ3v) is 2.73. The van der Waals surface area contributed by atoms with E-state index in [0.717, 1.165) is 7.11 Å². The summed E-state index contributed by atoms with van der Waals surface area (Å²) in [4.78, 5) is 10.2. The van der Waals surface area contributed by atoms with E-state index in [2.05, 4.69) is 0 Å². The van der Waals surface area contributed by atoms with Crippen LogP contribution >= 0.6 is 0 Å². The van der Waals surface area contributed by atoms with Gasteiger partial charge < -0.3 is 29.9 Å². The van der Waals surface area contributed by atoms with Crippen molar-refractivity contribution in [1.82, 2.24) is 0 Å². The van der Waals surface area contributed by atoms with E-state index in [1.165, 1.54) is 0 Å². The molecule has 0 aromatic rings. The van der Waals surface area contributed by atoms with Gasteiger partial charge in [-0.05, 0) is 19.3 Å². The smallest absolute Gasteiger partial charge is 0.303 e. The molecule has 7 nitrogen and oxygen atoms in total. The lowest BCUT2D eigenvalue weighted by Gasteiger charge is -2.31. The normalized spacial score (nSPS) is 24.2. The monoisotopic (exact) mass is 310 g/mol. The molecular weight excluding hydrogens is 280 g/mol. The van der Waals surface area contributed by atoms with E-state index >= 15 is 0 Å². The van der Waals surface area contributed by atoms with Crippen LogP contribution in [-0.4, -0.2) is 71.6 Å². The molecule has 128 valence electrons. The number of carboxylic acids is 1. The van der Waals surface area contributed by atoms with E-state index in [9.17, 15) is 15.0 Å². The van der Waals surface area contributed by atoms with E-state index in [1.54, 1.807) is 0 Å². The molecule has 4 N–H and O–H groups in total. The van der Waals surface area contributed by atoms with Crippen molar-refractivity contribution in [3.63, 3.8) is 0 Å². The van der Waals surface area contributed by atoms with E-state index in [1.807, 2.05) is 13.8 Å². The number of aliphatic hydroxyl groups excluding tert-OH is 3. The third-order valence-electron chi connectivity index (χ3n) is 2.73. The Morgan fingerprint density at radius 2 is 1.86 bits per heavy atom. The van der Waals surface area contributed by atoms with Crippen LogP contribution in [0.1, 0.15) is 39.5 Å². The molecule has 0 aromatic heterocycles. The number of hydrogen-bond donors (Lipinski definition) is 4. The van der Waals surface area contributed by atoms with Crippen LogP contribution in [-0.2, 0) is 14.3 Å². The molecule has 3 atom stereocenters. The highest BCUT2D eigenvalue weighted by Crippen LogP contribution is 2.15. The molecule has 0 radical (unpaired) electrons. The maximum atomic E-state index is 10.2. The molecular formula is C14H30O7. The van der Waals surface area contributed by atoms with Crippen molar-refractivity contribution in [2.24, 2.45) is 0 Å². The lowest BCUT2D eigenvalue weighted by Crippen LogP contribution is -2.46. The Hall–Kier alpha value is -0.730. The van der Waals surface area contributed by atoms with Crippen LogP contribution < -0.4 is 0 Å². The van der Waals surface area contributed by atoms with Crippen LogP contribution in [0.15, 0.2) is 0 Å². The first kappa shape index (κ1) is 22.5. The second kappa shape index (κ2) is 15.7. The maximum absolute atomic E-state index is 10.2. The van der Waals surface area contributed by atoms with Gasteiger partial charge in [0, 0.05) is 26.7 Å². The molecule has 1 fully saturated rings. The zero-order valence-electron chi connectivity index (χ0n) is 13.2. The van der Waals surface area contributed by atoms with Crippen LogP contribution in [0, 0.1) is 0 Å². The molecule has 0 saturated carbocycles. The van der Waals surface area contributed by atoms with Crippen molar-refractivity contribution in [3.8, 4) is 0 Å². The number of ether oxygens (including phenoxy) is 2. The average Bonchev–Trinajstić information content (AvgIpc) is 2.50. The van der Waals surface area contributed by atoms with E-state index in [-0.39, 0.29) is 13.0 Å². The van der Waals surface area contributed by atoms with Gasteiger partial charge in [-0.15, -0.1) is 0 Å². The van der Waals surface area contributed by atoms with Crippen LogP contribution in [0.2, 0.25) is 0 Å². The molecule has 1 heterocycles. The van der Waals surface area contributed by atoms with Crippen molar-refractivity contribution in [1.29, 1.82) is 0 Å². The summed E-state index contributed by atoms with van der Waals surface area (Å²) >= 11 is 0. The molecule has 1 saturated heterocycles. The number of rotatable bonds is 7. The summed E-state index contributed by atoms with van der Waals surface area (Å²) in [5.41, 5.74) is 0. The number of hydrogen-bond acceptors (Lipinski definition) is 6. The summed E-state index contributed by atoms with van der Waals surface area (Å²) < 4.78 is 10.6. The summed E-state index contributed by atoms with van der Waals surface area (Å²) in [6, 6.07) is 0. The SMILES string of the molecule is CC.CO.O=C(O)CCCCOCC1OCCC(O)C1O. The van der Waals surface area contributed by atoms with Gasteiger partial charge in [-0.3, -0.25) is 4.79 Å². The number of carbonyl (C=O) groups is 1. The lowest BCUT2D eigenvalue weighted by atomic mass is 10.0. The maximum Gasteiger partial charge on any atom is 0.303 e. The fraction of sp³-hybridized carbons (Fsp3) is 0.929. The lowest BCUT2D eigenvalue weighted by molar-refractivity contribution is -0.154. The van der Waals surface area contributed by atoms with Gasteiger partial charge in [0.2, 0.25) is 0 Å². The van der Waals surface area contributed by atoms with Crippen LogP contribution in [0.4, 0.5) is 0 Å². The van der Waals surface area contributed by atoms with Crippen LogP contribution in [0.3, 0.4) is 0 Å². The quantitative estimate of drug-likeness (QED) is 0.503. The van der Waals surface area contributed by atoms with Crippen LogP contribution in [0.5, 0.6) is 0 Å². The van der Waals surface area contributed by atoms with Gasteiger partial charge in [0.15, 0.2) is 0 Å². The number of carboxylic acid groups (broad SMARTS) is 1. The first-order valence-electron chi connectivity index (χ1n) is 7.33. The van der Waals surface area contributed by atoms with Gasteiger partial charge in [0.1, 0.15) is 12.2 Å². The first-order chi connectivity index (χ1) is 10.1. The van der Waals surface area contributed by atoms with E-state index < -0.39 is 24.3 Å². The second-order valence-electron chi connectivity index (χ2n) is 4.18. The van der Waals surface area contributed by atoms with Gasteiger partial charge in [0.25, 0.3) is 0 Å². The molecule has 3 unspecified atom stereocenters. The Kier molecular flexibility index (Phi) is 16.8. The van der Waals surface area contributed by atoms with Crippen LogP contribution in [0.25, 0.3) is 0 Å². The zero-order valence-corrected chi connectivity index (χ0v) is 13.2. The minimum atomic E-state index is -0.900. The average molecular weight is 310 g/mol. The highest BCUT2D eigenvalue weighted by molar-refractivity contribution is 5.66. The predicted molar refractivity (Wildman–Crippen MR) is 78.2 cm³/mol. The van der Waals surface area contributed by atoms with Gasteiger partial charge in [-0.1, -0.05) is 13.8 Å². The number of unbranched alkanes of at least 4 members (excludes halogenated alkanes) is 1. The van der Waals surface area contributed by atoms with Crippen molar-refractivity contribution >= 4 is 5.97 Å². The van der Waals surface area contributed by atoms with Crippen molar-refractivity contribution < 1.29 is 34.7 Å². The van der Waals surface area contributed by atoms with Gasteiger partial charge >= 0.3 is 5.97 Å².